The molecule has 0 spiro atoms. The molecule has 11 atom stereocenters. The SMILES string of the molecule is CC[C@H](C)[C@@H]([C@H](C)CC(=O)N1CCC[C@H]1[C@H](OC)[C@@H](C)C(=O)N[C@@H](Cc1ccccc1)C(=O)O)N(C)C(=O)CNC(=O)C1(N(C)CCC2CCC(N(C)C(=O)CCCCCCN3C(=O)CC(C)C3=O)CC2)CC(C)C1C. The molecule has 7 amide bonds. The molecule has 17 nitrogen and oxygen atoms in total. The van der Waals surface area contributed by atoms with Crippen molar-refractivity contribution in [1.29, 1.82) is 0 Å². The number of amides is 7. The lowest BCUT2D eigenvalue weighted by atomic mass is 9.59. The van der Waals surface area contributed by atoms with Crippen molar-refractivity contribution < 1.29 is 48.2 Å². The van der Waals surface area contributed by atoms with Crippen molar-refractivity contribution in [2.75, 3.05) is 54.4 Å². The van der Waals surface area contributed by atoms with E-state index in [1.165, 1.54) is 12.0 Å². The maximum Gasteiger partial charge on any atom is 0.326 e. The summed E-state index contributed by atoms with van der Waals surface area (Å²) in [4.78, 5) is 115. The number of ether oxygens (including phenoxy) is 1. The molecule has 76 heavy (non-hydrogen) atoms. The van der Waals surface area contributed by atoms with E-state index in [-0.39, 0.29) is 96.6 Å². The van der Waals surface area contributed by atoms with Gasteiger partial charge in [-0.3, -0.25) is 43.4 Å². The number of nitrogens with one attached hydrogen (secondary N) is 2. The minimum Gasteiger partial charge on any atom is -0.480 e. The first-order chi connectivity index (χ1) is 36.1. The van der Waals surface area contributed by atoms with E-state index >= 15 is 0 Å². The van der Waals surface area contributed by atoms with Crippen LogP contribution in [-0.2, 0) is 49.5 Å². The summed E-state index contributed by atoms with van der Waals surface area (Å²) in [6.07, 6.45) is 11.5. The van der Waals surface area contributed by atoms with Crippen LogP contribution in [0.1, 0.15) is 157 Å². The van der Waals surface area contributed by atoms with Crippen molar-refractivity contribution >= 4 is 47.3 Å². The third-order valence-corrected chi connectivity index (χ3v) is 18.6. The van der Waals surface area contributed by atoms with E-state index in [1.807, 2.05) is 56.3 Å². The van der Waals surface area contributed by atoms with Gasteiger partial charge in [0.1, 0.15) is 11.6 Å². The van der Waals surface area contributed by atoms with Crippen molar-refractivity contribution in [1.82, 2.24) is 35.1 Å². The molecule has 2 saturated carbocycles. The molecule has 2 aliphatic heterocycles. The molecule has 426 valence electrons. The number of carboxylic acid groups (broad SMARTS) is 1. The highest BCUT2D eigenvalue weighted by molar-refractivity contribution is 6.03. The highest BCUT2D eigenvalue weighted by Crippen LogP contribution is 2.48. The Bertz CT molecular complexity index is 2140. The Morgan fingerprint density at radius 3 is 2.14 bits per heavy atom. The molecule has 2 saturated heterocycles. The molecule has 2 heterocycles. The van der Waals surface area contributed by atoms with Crippen LogP contribution in [0.15, 0.2) is 30.3 Å². The summed E-state index contributed by atoms with van der Waals surface area (Å²) in [5.41, 5.74) is 0.0551. The molecule has 4 fully saturated rings. The number of nitrogens with zero attached hydrogens (tertiary/aromatic N) is 5. The lowest BCUT2D eigenvalue weighted by Crippen LogP contribution is -2.70. The van der Waals surface area contributed by atoms with Gasteiger partial charge in [0, 0.05) is 78.0 Å². The lowest BCUT2D eigenvalue weighted by molar-refractivity contribution is -0.153. The zero-order valence-corrected chi connectivity index (χ0v) is 48.0. The second kappa shape index (κ2) is 28.6. The number of carbonyl (C=O) groups excluding carboxylic acids is 7. The van der Waals surface area contributed by atoms with E-state index < -0.39 is 35.5 Å². The normalized spacial score (nSPS) is 26.0. The number of imide groups is 1. The number of rotatable bonds is 29. The standard InChI is InChI=1S/C59H95N7O10/c1-12-38(2)53(39(3)33-50(68)65-31-20-23-48(65)54(76-11)42(6)55(71)61-47(57(73)74)35-45-21-16-15-17-22-45)64(10)52(70)37-60-58(75)59(36-41(5)43(59)7)62(8)32-29-44-25-27-46(28-26-44)63(9)49(67)24-18-13-14-19-30-66-51(69)34-40(4)56(66)72/h15-17,21-22,38-44,46-48,53-54H,12-14,18-20,23-37H2,1-11H3,(H,60,75)(H,61,71)(H,73,74)/t38-,39+,40?,41?,42+,43?,44?,46?,47-,48-,53-,54+,59?/m0/s1. The number of methoxy groups -OCH3 is 1. The molecule has 4 aliphatic rings. The molecule has 5 rings (SSSR count). The Balaban J connectivity index is 1.08. The number of hydrogen-bond acceptors (Lipinski definition) is 10. The first kappa shape index (κ1) is 61.9. The third-order valence-electron chi connectivity index (χ3n) is 18.6. The third kappa shape index (κ3) is 15.2. The summed E-state index contributed by atoms with van der Waals surface area (Å²) in [5.74, 6) is -2.22. The van der Waals surface area contributed by atoms with Crippen LogP contribution in [0.25, 0.3) is 0 Å². The van der Waals surface area contributed by atoms with E-state index in [0.717, 1.165) is 82.7 Å². The summed E-state index contributed by atoms with van der Waals surface area (Å²) in [6.45, 7) is 15.5. The summed E-state index contributed by atoms with van der Waals surface area (Å²) in [5, 5.41) is 15.7. The number of likely N-dealkylation sites (N-methyl/N-ethyl adjacent to an activating group) is 2. The molecule has 3 N–H and O–H groups in total. The van der Waals surface area contributed by atoms with Gasteiger partial charge in [-0.05, 0) is 113 Å². The molecule has 0 bridgehead atoms. The highest BCUT2D eigenvalue weighted by atomic mass is 16.5. The quantitative estimate of drug-likeness (QED) is 0.0579. The fraction of sp³-hybridized carbons (Fsp3) is 0.763. The van der Waals surface area contributed by atoms with Gasteiger partial charge in [-0.15, -0.1) is 0 Å². The fourth-order valence-corrected chi connectivity index (χ4v) is 13.2. The van der Waals surface area contributed by atoms with Gasteiger partial charge in [-0.2, -0.15) is 0 Å². The molecule has 1 aromatic rings. The van der Waals surface area contributed by atoms with Crippen LogP contribution in [0.4, 0.5) is 0 Å². The van der Waals surface area contributed by atoms with E-state index in [4.69, 9.17) is 4.74 Å². The van der Waals surface area contributed by atoms with Crippen LogP contribution in [0, 0.1) is 41.4 Å². The van der Waals surface area contributed by atoms with Gasteiger partial charge in [-0.25, -0.2) is 4.79 Å². The minimum atomic E-state index is -1.13. The predicted molar refractivity (Wildman–Crippen MR) is 292 cm³/mol. The summed E-state index contributed by atoms with van der Waals surface area (Å²) < 4.78 is 5.92. The zero-order chi connectivity index (χ0) is 56.0. The number of unbranched alkanes of at least 4 members (excludes halogenated alkanes) is 3. The average Bonchev–Trinajstić information content (AvgIpc) is 3.99. The second-order valence-corrected chi connectivity index (χ2v) is 23.6. The topological polar surface area (TPSA) is 206 Å². The van der Waals surface area contributed by atoms with Crippen molar-refractivity contribution in [3.63, 3.8) is 0 Å². The number of aliphatic carboxylic acids is 1. The van der Waals surface area contributed by atoms with Gasteiger partial charge in [0.25, 0.3) is 0 Å². The Hall–Kier alpha value is -4.90. The van der Waals surface area contributed by atoms with Crippen LogP contribution in [-0.4, -0.2) is 167 Å². The Kier molecular flexibility index (Phi) is 23.3. The molecule has 1 aromatic carbocycles. The van der Waals surface area contributed by atoms with E-state index in [1.54, 1.807) is 30.7 Å². The zero-order valence-electron chi connectivity index (χ0n) is 48.0. The van der Waals surface area contributed by atoms with Gasteiger partial charge in [0.2, 0.25) is 41.4 Å². The van der Waals surface area contributed by atoms with Gasteiger partial charge < -0.3 is 35.2 Å². The second-order valence-electron chi connectivity index (χ2n) is 23.6. The van der Waals surface area contributed by atoms with Crippen molar-refractivity contribution in [3.8, 4) is 0 Å². The molecular weight excluding hydrogens is 967 g/mol. The Morgan fingerprint density at radius 1 is 0.882 bits per heavy atom. The number of benzene rings is 1. The smallest absolute Gasteiger partial charge is 0.326 e. The monoisotopic (exact) mass is 1060 g/mol. The van der Waals surface area contributed by atoms with Gasteiger partial charge in [0.15, 0.2) is 0 Å². The van der Waals surface area contributed by atoms with Crippen molar-refractivity contribution in [2.45, 2.75) is 193 Å². The lowest BCUT2D eigenvalue weighted by Gasteiger charge is -2.56. The molecule has 17 heteroatoms. The molecule has 0 aromatic heterocycles. The number of carboxylic acids is 1. The van der Waals surface area contributed by atoms with Gasteiger partial charge in [0.05, 0.1) is 24.6 Å². The minimum absolute atomic E-state index is 0.0519. The van der Waals surface area contributed by atoms with Crippen molar-refractivity contribution in [3.05, 3.63) is 35.9 Å². The van der Waals surface area contributed by atoms with Crippen molar-refractivity contribution in [2.24, 2.45) is 41.4 Å². The number of likely N-dealkylation sites (tertiary alicyclic amines) is 2. The maximum atomic E-state index is 14.4. The first-order valence-electron chi connectivity index (χ1n) is 28.8. The van der Waals surface area contributed by atoms with Crippen LogP contribution in [0.5, 0.6) is 0 Å². The predicted octanol–water partition coefficient (Wildman–Crippen LogP) is 6.56. The van der Waals surface area contributed by atoms with E-state index in [0.29, 0.717) is 50.6 Å². The number of hydrogen-bond donors (Lipinski definition) is 3. The van der Waals surface area contributed by atoms with Gasteiger partial charge >= 0.3 is 5.97 Å². The summed E-state index contributed by atoms with van der Waals surface area (Å²) >= 11 is 0. The molecule has 2 aliphatic carbocycles. The van der Waals surface area contributed by atoms with E-state index in [9.17, 15) is 43.5 Å². The maximum absolute atomic E-state index is 14.4. The number of carbonyl (C=O) groups is 8. The van der Waals surface area contributed by atoms with Gasteiger partial charge in [-0.1, -0.05) is 98.1 Å². The Morgan fingerprint density at radius 2 is 1.55 bits per heavy atom. The van der Waals surface area contributed by atoms with Crippen LogP contribution >= 0.6 is 0 Å². The largest absolute Gasteiger partial charge is 0.480 e. The molecule has 4 unspecified atom stereocenters. The first-order valence-corrected chi connectivity index (χ1v) is 28.8. The molecular formula is C59H95N7O10. The summed E-state index contributed by atoms with van der Waals surface area (Å²) in [7, 11) is 7.24. The van der Waals surface area contributed by atoms with Crippen LogP contribution in [0.3, 0.4) is 0 Å². The molecule has 0 radical (unpaired) electrons. The summed E-state index contributed by atoms with van der Waals surface area (Å²) in [6, 6.07) is 7.54. The van der Waals surface area contributed by atoms with Crippen LogP contribution in [0.2, 0.25) is 0 Å². The highest BCUT2D eigenvalue weighted by Gasteiger charge is 2.57. The Labute approximate surface area is 454 Å². The average molecular weight is 1060 g/mol. The fourth-order valence-electron chi connectivity index (χ4n) is 13.2. The van der Waals surface area contributed by atoms with Crippen LogP contribution < -0.4 is 10.6 Å². The van der Waals surface area contributed by atoms with E-state index in [2.05, 4.69) is 43.2 Å².